The highest BCUT2D eigenvalue weighted by Gasteiger charge is 2.28. The normalized spacial score (nSPS) is 14.4. The molecule has 0 atom stereocenters. The molecule has 3 rings (SSSR count). The van der Waals surface area contributed by atoms with E-state index >= 15 is 0 Å². The second-order valence-corrected chi connectivity index (χ2v) is 7.35. The number of nitrogens with zero attached hydrogens (tertiary/aromatic N) is 1. The SMILES string of the molecule is CC(=O)Nc1ccc(NC(=O)C2CCN(C(=O)c3ccc(F)cc3)CC2)c(Cl)c1. The van der Waals surface area contributed by atoms with Crippen LogP contribution >= 0.6 is 11.6 Å². The number of nitrogens with one attached hydrogen (secondary N) is 2. The average molecular weight is 418 g/mol. The maximum absolute atomic E-state index is 13.0. The lowest BCUT2D eigenvalue weighted by Crippen LogP contribution is -2.41. The zero-order chi connectivity index (χ0) is 21.0. The monoisotopic (exact) mass is 417 g/mol. The van der Waals surface area contributed by atoms with Crippen molar-refractivity contribution in [3.63, 3.8) is 0 Å². The van der Waals surface area contributed by atoms with Gasteiger partial charge in [-0.3, -0.25) is 14.4 Å². The molecule has 0 aromatic heterocycles. The predicted molar refractivity (Wildman–Crippen MR) is 109 cm³/mol. The van der Waals surface area contributed by atoms with Crippen molar-refractivity contribution in [2.45, 2.75) is 19.8 Å². The summed E-state index contributed by atoms with van der Waals surface area (Å²) in [4.78, 5) is 37.8. The Morgan fingerprint density at radius 3 is 2.28 bits per heavy atom. The molecule has 0 saturated carbocycles. The van der Waals surface area contributed by atoms with E-state index in [9.17, 15) is 18.8 Å². The van der Waals surface area contributed by atoms with E-state index in [0.717, 1.165) is 0 Å². The van der Waals surface area contributed by atoms with Crippen LogP contribution in [0, 0.1) is 11.7 Å². The summed E-state index contributed by atoms with van der Waals surface area (Å²) >= 11 is 6.19. The van der Waals surface area contributed by atoms with Crippen molar-refractivity contribution < 1.29 is 18.8 Å². The first kappa shape index (κ1) is 20.8. The zero-order valence-corrected chi connectivity index (χ0v) is 16.6. The number of likely N-dealkylation sites (tertiary alicyclic amines) is 1. The molecule has 0 bridgehead atoms. The standard InChI is InChI=1S/C21H21ClFN3O3/c1-13(27)24-17-6-7-19(18(22)12-17)25-20(28)14-8-10-26(11-9-14)21(29)15-2-4-16(23)5-3-15/h2-7,12,14H,8-11H2,1H3,(H,24,27)(H,25,28). The molecule has 2 aromatic rings. The Morgan fingerprint density at radius 2 is 1.69 bits per heavy atom. The second-order valence-electron chi connectivity index (χ2n) is 6.94. The second kappa shape index (κ2) is 9.05. The third-order valence-electron chi connectivity index (χ3n) is 4.79. The van der Waals surface area contributed by atoms with Crippen LogP contribution in [0.5, 0.6) is 0 Å². The van der Waals surface area contributed by atoms with E-state index in [1.54, 1.807) is 23.1 Å². The molecule has 0 spiro atoms. The number of hydrogen-bond donors (Lipinski definition) is 2. The van der Waals surface area contributed by atoms with Crippen molar-refractivity contribution >= 4 is 40.7 Å². The van der Waals surface area contributed by atoms with Gasteiger partial charge >= 0.3 is 0 Å². The lowest BCUT2D eigenvalue weighted by molar-refractivity contribution is -0.121. The minimum Gasteiger partial charge on any atom is -0.339 e. The van der Waals surface area contributed by atoms with E-state index < -0.39 is 0 Å². The van der Waals surface area contributed by atoms with Crippen molar-refractivity contribution in [3.05, 3.63) is 58.9 Å². The Morgan fingerprint density at radius 1 is 1.03 bits per heavy atom. The third kappa shape index (κ3) is 5.32. The van der Waals surface area contributed by atoms with Crippen LogP contribution < -0.4 is 10.6 Å². The Balaban J connectivity index is 1.55. The highest BCUT2D eigenvalue weighted by Crippen LogP contribution is 2.27. The summed E-state index contributed by atoms with van der Waals surface area (Å²) in [5.74, 6) is -1.16. The lowest BCUT2D eigenvalue weighted by Gasteiger charge is -2.31. The van der Waals surface area contributed by atoms with E-state index in [1.807, 2.05) is 0 Å². The molecular weight excluding hydrogens is 397 g/mol. The number of carbonyl (C=O) groups is 3. The van der Waals surface area contributed by atoms with Gasteiger partial charge in [0.25, 0.3) is 5.91 Å². The molecular formula is C21H21ClFN3O3. The molecule has 8 heteroatoms. The van der Waals surface area contributed by atoms with E-state index in [0.29, 0.717) is 47.9 Å². The summed E-state index contributed by atoms with van der Waals surface area (Å²) < 4.78 is 13.0. The van der Waals surface area contributed by atoms with Crippen LogP contribution in [0.25, 0.3) is 0 Å². The number of hydrogen-bond acceptors (Lipinski definition) is 3. The van der Waals surface area contributed by atoms with Gasteiger partial charge in [-0.05, 0) is 55.3 Å². The quantitative estimate of drug-likeness (QED) is 0.791. The van der Waals surface area contributed by atoms with E-state index in [-0.39, 0.29) is 29.5 Å². The lowest BCUT2D eigenvalue weighted by atomic mass is 9.95. The van der Waals surface area contributed by atoms with E-state index in [2.05, 4.69) is 10.6 Å². The Hall–Kier alpha value is -2.93. The third-order valence-corrected chi connectivity index (χ3v) is 5.10. The maximum Gasteiger partial charge on any atom is 0.253 e. The highest BCUT2D eigenvalue weighted by molar-refractivity contribution is 6.34. The first-order valence-corrected chi connectivity index (χ1v) is 9.64. The van der Waals surface area contributed by atoms with Crippen molar-refractivity contribution in [3.8, 4) is 0 Å². The molecule has 29 heavy (non-hydrogen) atoms. The van der Waals surface area contributed by atoms with Crippen LogP contribution in [0.3, 0.4) is 0 Å². The molecule has 1 aliphatic rings. The van der Waals surface area contributed by atoms with Gasteiger partial charge in [0, 0.05) is 37.2 Å². The molecule has 0 unspecified atom stereocenters. The molecule has 2 aromatic carbocycles. The van der Waals surface area contributed by atoms with Crippen LogP contribution in [0.2, 0.25) is 5.02 Å². The summed E-state index contributed by atoms with van der Waals surface area (Å²) in [5.41, 5.74) is 1.45. The Labute approximate surface area is 173 Å². The largest absolute Gasteiger partial charge is 0.339 e. The van der Waals surface area contributed by atoms with Gasteiger partial charge in [0.15, 0.2) is 0 Å². The van der Waals surface area contributed by atoms with Gasteiger partial charge in [-0.25, -0.2) is 4.39 Å². The number of anilines is 2. The van der Waals surface area contributed by atoms with E-state index in [1.165, 1.54) is 31.2 Å². The average Bonchev–Trinajstić information content (AvgIpc) is 2.70. The fourth-order valence-corrected chi connectivity index (χ4v) is 3.48. The molecule has 3 amide bonds. The van der Waals surface area contributed by atoms with Crippen LogP contribution in [0.4, 0.5) is 15.8 Å². The van der Waals surface area contributed by atoms with Crippen molar-refractivity contribution in [2.24, 2.45) is 5.92 Å². The fraction of sp³-hybridized carbons (Fsp3) is 0.286. The predicted octanol–water partition coefficient (Wildman–Crippen LogP) is 3.93. The van der Waals surface area contributed by atoms with Crippen molar-refractivity contribution in [1.82, 2.24) is 4.90 Å². The number of halogens is 2. The molecule has 1 heterocycles. The Kier molecular flexibility index (Phi) is 6.49. The molecule has 6 nitrogen and oxygen atoms in total. The molecule has 1 aliphatic heterocycles. The zero-order valence-electron chi connectivity index (χ0n) is 15.9. The van der Waals surface area contributed by atoms with E-state index in [4.69, 9.17) is 11.6 Å². The van der Waals surface area contributed by atoms with Crippen molar-refractivity contribution in [1.29, 1.82) is 0 Å². The topological polar surface area (TPSA) is 78.5 Å². The molecule has 2 N–H and O–H groups in total. The number of benzene rings is 2. The molecule has 0 radical (unpaired) electrons. The summed E-state index contributed by atoms with van der Waals surface area (Å²) in [6, 6.07) is 10.3. The number of piperidine rings is 1. The Bertz CT molecular complexity index is 925. The minimum atomic E-state index is -0.388. The minimum absolute atomic E-state index is 0.159. The van der Waals surface area contributed by atoms with Crippen LogP contribution in [0.15, 0.2) is 42.5 Å². The number of amides is 3. The summed E-state index contributed by atoms with van der Waals surface area (Å²) in [6.45, 7) is 2.30. The molecule has 1 fully saturated rings. The maximum atomic E-state index is 13.0. The number of carbonyl (C=O) groups excluding carboxylic acids is 3. The molecule has 1 saturated heterocycles. The summed E-state index contributed by atoms with van der Waals surface area (Å²) in [5, 5.41) is 5.77. The first-order chi connectivity index (χ1) is 13.8. The van der Waals surface area contributed by atoms with Gasteiger partial charge in [-0.2, -0.15) is 0 Å². The van der Waals surface area contributed by atoms with Gasteiger partial charge in [-0.1, -0.05) is 11.6 Å². The summed E-state index contributed by atoms with van der Waals surface area (Å²) in [7, 11) is 0. The highest BCUT2D eigenvalue weighted by atomic mass is 35.5. The van der Waals surface area contributed by atoms with Crippen LogP contribution in [-0.2, 0) is 9.59 Å². The first-order valence-electron chi connectivity index (χ1n) is 9.26. The van der Waals surface area contributed by atoms with Crippen molar-refractivity contribution in [2.75, 3.05) is 23.7 Å². The van der Waals surface area contributed by atoms with Gasteiger partial charge < -0.3 is 15.5 Å². The van der Waals surface area contributed by atoms with Crippen LogP contribution in [-0.4, -0.2) is 35.7 Å². The smallest absolute Gasteiger partial charge is 0.253 e. The number of rotatable bonds is 4. The van der Waals surface area contributed by atoms with Gasteiger partial charge in [0.2, 0.25) is 11.8 Å². The fourth-order valence-electron chi connectivity index (χ4n) is 3.25. The van der Waals surface area contributed by atoms with Gasteiger partial charge in [0.1, 0.15) is 5.82 Å². The molecule has 152 valence electrons. The van der Waals surface area contributed by atoms with Gasteiger partial charge in [-0.15, -0.1) is 0 Å². The summed E-state index contributed by atoms with van der Waals surface area (Å²) in [6.07, 6.45) is 1.06. The molecule has 0 aliphatic carbocycles. The van der Waals surface area contributed by atoms with Gasteiger partial charge in [0.05, 0.1) is 10.7 Å². The van der Waals surface area contributed by atoms with Crippen LogP contribution in [0.1, 0.15) is 30.1 Å².